The molecule has 0 bridgehead atoms. The van der Waals surface area contributed by atoms with Gasteiger partial charge in [0.15, 0.2) is 0 Å². The van der Waals surface area contributed by atoms with E-state index in [4.69, 9.17) is 0 Å². The summed E-state index contributed by atoms with van der Waals surface area (Å²) in [7, 11) is 0. The quantitative estimate of drug-likeness (QED) is 0.747. The monoisotopic (exact) mass is 353 g/mol. The Morgan fingerprint density at radius 1 is 1.27 bits per heavy atom. The number of benzene rings is 1. The van der Waals surface area contributed by atoms with E-state index < -0.39 is 6.10 Å². The SMILES string of the molecule is Cc1c(CN2CCC([C@H](O)c3ccccn3)CC2)[nH]c2ccc(F)cc12. The van der Waals surface area contributed by atoms with Crippen molar-refractivity contribution < 1.29 is 9.50 Å². The summed E-state index contributed by atoms with van der Waals surface area (Å²) < 4.78 is 13.5. The van der Waals surface area contributed by atoms with Crippen molar-refractivity contribution in [3.8, 4) is 0 Å². The van der Waals surface area contributed by atoms with Gasteiger partial charge in [0, 0.05) is 29.3 Å². The van der Waals surface area contributed by atoms with Crippen molar-refractivity contribution in [1.29, 1.82) is 0 Å². The fourth-order valence-electron chi connectivity index (χ4n) is 3.96. The van der Waals surface area contributed by atoms with Crippen molar-refractivity contribution in [3.05, 3.63) is 65.4 Å². The number of nitrogens with one attached hydrogen (secondary N) is 1. The van der Waals surface area contributed by atoms with Gasteiger partial charge in [-0.15, -0.1) is 0 Å². The molecule has 0 amide bonds. The van der Waals surface area contributed by atoms with Crippen LogP contribution in [0.3, 0.4) is 0 Å². The highest BCUT2D eigenvalue weighted by Crippen LogP contribution is 2.31. The Kier molecular flexibility index (Phi) is 4.74. The molecular formula is C21H24FN3O. The van der Waals surface area contributed by atoms with E-state index in [2.05, 4.69) is 14.9 Å². The lowest BCUT2D eigenvalue weighted by Gasteiger charge is -2.34. The summed E-state index contributed by atoms with van der Waals surface area (Å²) in [6.45, 7) is 4.76. The number of halogens is 1. The van der Waals surface area contributed by atoms with Crippen molar-refractivity contribution >= 4 is 10.9 Å². The first-order valence-corrected chi connectivity index (χ1v) is 9.20. The average Bonchev–Trinajstić information content (AvgIpc) is 2.98. The van der Waals surface area contributed by atoms with Crippen LogP contribution in [0.15, 0.2) is 42.6 Å². The number of likely N-dealkylation sites (tertiary alicyclic amines) is 1. The summed E-state index contributed by atoms with van der Waals surface area (Å²) in [4.78, 5) is 10.1. The highest BCUT2D eigenvalue weighted by Gasteiger charge is 2.27. The Balaban J connectivity index is 1.40. The molecule has 5 heteroatoms. The molecular weight excluding hydrogens is 329 g/mol. The van der Waals surface area contributed by atoms with E-state index in [1.807, 2.05) is 25.1 Å². The molecule has 1 aliphatic rings. The number of aromatic nitrogens is 2. The van der Waals surface area contributed by atoms with Crippen LogP contribution in [-0.4, -0.2) is 33.1 Å². The number of piperidine rings is 1. The zero-order chi connectivity index (χ0) is 18.1. The summed E-state index contributed by atoms with van der Waals surface area (Å²) >= 11 is 0. The molecule has 1 saturated heterocycles. The molecule has 3 aromatic rings. The summed E-state index contributed by atoms with van der Waals surface area (Å²) in [5, 5.41) is 11.5. The first-order valence-electron chi connectivity index (χ1n) is 9.20. The lowest BCUT2D eigenvalue weighted by atomic mass is 9.89. The molecule has 1 aliphatic heterocycles. The van der Waals surface area contributed by atoms with E-state index in [1.54, 1.807) is 18.3 Å². The third-order valence-corrected chi connectivity index (χ3v) is 5.58. The van der Waals surface area contributed by atoms with Crippen LogP contribution in [0, 0.1) is 18.7 Å². The highest BCUT2D eigenvalue weighted by atomic mass is 19.1. The third-order valence-electron chi connectivity index (χ3n) is 5.58. The van der Waals surface area contributed by atoms with Gasteiger partial charge in [0.25, 0.3) is 0 Å². The molecule has 3 heterocycles. The average molecular weight is 353 g/mol. The van der Waals surface area contributed by atoms with Crippen LogP contribution >= 0.6 is 0 Å². The van der Waals surface area contributed by atoms with Crippen LogP contribution < -0.4 is 0 Å². The van der Waals surface area contributed by atoms with Crippen molar-refractivity contribution in [3.63, 3.8) is 0 Å². The molecule has 0 unspecified atom stereocenters. The first kappa shape index (κ1) is 17.2. The number of pyridine rings is 1. The number of hydrogen-bond acceptors (Lipinski definition) is 3. The summed E-state index contributed by atoms with van der Waals surface area (Å²) in [6.07, 6.45) is 3.14. The zero-order valence-corrected chi connectivity index (χ0v) is 15.0. The van der Waals surface area contributed by atoms with Crippen LogP contribution in [0.4, 0.5) is 4.39 Å². The fraction of sp³-hybridized carbons (Fsp3) is 0.381. The summed E-state index contributed by atoms with van der Waals surface area (Å²) in [5.74, 6) is 0.0505. The first-order chi connectivity index (χ1) is 12.6. The van der Waals surface area contributed by atoms with E-state index in [-0.39, 0.29) is 11.7 Å². The van der Waals surface area contributed by atoms with Gasteiger partial charge < -0.3 is 10.1 Å². The van der Waals surface area contributed by atoms with Crippen molar-refractivity contribution in [2.75, 3.05) is 13.1 Å². The number of fused-ring (bicyclic) bond motifs is 1. The number of rotatable bonds is 4. The molecule has 0 radical (unpaired) electrons. The molecule has 0 saturated carbocycles. The van der Waals surface area contributed by atoms with Crippen LogP contribution in [0.25, 0.3) is 10.9 Å². The molecule has 4 nitrogen and oxygen atoms in total. The van der Waals surface area contributed by atoms with Gasteiger partial charge in [0.1, 0.15) is 5.82 Å². The van der Waals surface area contributed by atoms with Gasteiger partial charge in [-0.05, 0) is 74.7 Å². The molecule has 4 rings (SSSR count). The molecule has 2 N–H and O–H groups in total. The predicted molar refractivity (Wildman–Crippen MR) is 100 cm³/mol. The summed E-state index contributed by atoms with van der Waals surface area (Å²) in [6, 6.07) is 10.6. The normalized spacial score (nSPS) is 17.7. The lowest BCUT2D eigenvalue weighted by molar-refractivity contribution is 0.0537. The Labute approximate surface area is 152 Å². The largest absolute Gasteiger partial charge is 0.387 e. The number of nitrogens with zero attached hydrogens (tertiary/aromatic N) is 2. The van der Waals surface area contributed by atoms with Crippen LogP contribution in [-0.2, 0) is 6.54 Å². The maximum Gasteiger partial charge on any atom is 0.123 e. The van der Waals surface area contributed by atoms with Gasteiger partial charge in [0.05, 0.1) is 11.8 Å². The lowest BCUT2D eigenvalue weighted by Crippen LogP contribution is -2.35. The van der Waals surface area contributed by atoms with Crippen LogP contribution in [0.5, 0.6) is 0 Å². The summed E-state index contributed by atoms with van der Waals surface area (Å²) in [5.41, 5.74) is 4.02. The van der Waals surface area contributed by atoms with E-state index in [0.717, 1.165) is 60.3 Å². The smallest absolute Gasteiger partial charge is 0.123 e. The van der Waals surface area contributed by atoms with Gasteiger partial charge in [-0.2, -0.15) is 0 Å². The maximum atomic E-state index is 13.5. The zero-order valence-electron chi connectivity index (χ0n) is 15.0. The van der Waals surface area contributed by atoms with Gasteiger partial charge in [0.2, 0.25) is 0 Å². The molecule has 0 aliphatic carbocycles. The second-order valence-corrected chi connectivity index (χ2v) is 7.23. The molecule has 0 spiro atoms. The molecule has 2 aromatic heterocycles. The Hall–Kier alpha value is -2.24. The fourth-order valence-corrected chi connectivity index (χ4v) is 3.96. The van der Waals surface area contributed by atoms with Gasteiger partial charge in [-0.25, -0.2) is 4.39 Å². The van der Waals surface area contributed by atoms with Crippen molar-refractivity contribution in [2.45, 2.75) is 32.4 Å². The second-order valence-electron chi connectivity index (χ2n) is 7.23. The molecule has 26 heavy (non-hydrogen) atoms. The predicted octanol–water partition coefficient (Wildman–Crippen LogP) is 3.96. The molecule has 1 fully saturated rings. The van der Waals surface area contributed by atoms with E-state index in [9.17, 15) is 9.50 Å². The number of H-pyrrole nitrogens is 1. The topological polar surface area (TPSA) is 52.1 Å². The standard InChI is InChI=1S/C21H24FN3O/c1-14-17-12-16(22)5-6-18(17)24-20(14)13-25-10-7-15(8-11-25)21(26)19-4-2-3-9-23-19/h2-6,9,12,15,21,24,26H,7-8,10-11,13H2,1H3/t21-/m0/s1. The van der Waals surface area contributed by atoms with E-state index in [0.29, 0.717) is 0 Å². The number of aliphatic hydroxyl groups excluding tert-OH is 1. The Bertz CT molecular complexity index is 885. The third kappa shape index (κ3) is 3.37. The molecule has 1 aromatic carbocycles. The van der Waals surface area contributed by atoms with Gasteiger partial charge in [-0.1, -0.05) is 6.07 Å². The number of aromatic amines is 1. The highest BCUT2D eigenvalue weighted by molar-refractivity contribution is 5.84. The second kappa shape index (κ2) is 7.17. The minimum Gasteiger partial charge on any atom is -0.387 e. The van der Waals surface area contributed by atoms with Gasteiger partial charge >= 0.3 is 0 Å². The van der Waals surface area contributed by atoms with Crippen molar-refractivity contribution in [2.24, 2.45) is 5.92 Å². The van der Waals surface area contributed by atoms with Gasteiger partial charge in [-0.3, -0.25) is 9.88 Å². The Morgan fingerprint density at radius 2 is 2.08 bits per heavy atom. The van der Waals surface area contributed by atoms with Crippen molar-refractivity contribution in [1.82, 2.24) is 14.9 Å². The maximum absolute atomic E-state index is 13.5. The minimum atomic E-state index is -0.490. The van der Waals surface area contributed by atoms with Crippen LogP contribution in [0.1, 0.15) is 35.9 Å². The number of hydrogen-bond donors (Lipinski definition) is 2. The number of aryl methyl sites for hydroxylation is 1. The minimum absolute atomic E-state index is 0.199. The molecule has 1 atom stereocenters. The van der Waals surface area contributed by atoms with E-state index >= 15 is 0 Å². The number of aliphatic hydroxyl groups is 1. The Morgan fingerprint density at radius 3 is 2.81 bits per heavy atom. The van der Waals surface area contributed by atoms with Crippen LogP contribution in [0.2, 0.25) is 0 Å². The molecule has 136 valence electrons. The van der Waals surface area contributed by atoms with E-state index in [1.165, 1.54) is 6.07 Å².